The summed E-state index contributed by atoms with van der Waals surface area (Å²) in [6.45, 7) is -1.25. The van der Waals surface area contributed by atoms with Gasteiger partial charge in [0.2, 0.25) is 5.91 Å². The zero-order chi connectivity index (χ0) is 18.4. The summed E-state index contributed by atoms with van der Waals surface area (Å²) in [6, 6.07) is 10.5. The van der Waals surface area contributed by atoms with Gasteiger partial charge in [-0.2, -0.15) is 8.78 Å². The van der Waals surface area contributed by atoms with Gasteiger partial charge >= 0.3 is 6.61 Å². The summed E-state index contributed by atoms with van der Waals surface area (Å²) in [5, 5.41) is 5.13. The van der Waals surface area contributed by atoms with E-state index < -0.39 is 12.5 Å². The number of aryl methyl sites for hydroxylation is 1. The van der Waals surface area contributed by atoms with Gasteiger partial charge in [0.25, 0.3) is 5.91 Å². The maximum absolute atomic E-state index is 12.1. The first-order chi connectivity index (χ1) is 11.8. The van der Waals surface area contributed by atoms with Gasteiger partial charge in [-0.1, -0.05) is 15.9 Å². The molecule has 132 valence electrons. The van der Waals surface area contributed by atoms with Gasteiger partial charge in [0.05, 0.1) is 6.54 Å². The SMILES string of the molecule is Cc1cc(NC(=O)CNC(=O)c2ccc(OC(F)F)cc2)ccc1Br. The van der Waals surface area contributed by atoms with Crippen LogP contribution in [0, 0.1) is 6.92 Å². The molecule has 0 heterocycles. The van der Waals surface area contributed by atoms with Crippen LogP contribution in [0.15, 0.2) is 46.9 Å². The Morgan fingerprint density at radius 3 is 2.44 bits per heavy atom. The number of amides is 2. The molecule has 2 rings (SSSR count). The van der Waals surface area contributed by atoms with E-state index in [1.807, 2.05) is 13.0 Å². The predicted octanol–water partition coefficient (Wildman–Crippen LogP) is 3.73. The third-order valence-electron chi connectivity index (χ3n) is 3.19. The highest BCUT2D eigenvalue weighted by Crippen LogP contribution is 2.20. The van der Waals surface area contributed by atoms with Crippen molar-refractivity contribution in [1.82, 2.24) is 5.32 Å². The van der Waals surface area contributed by atoms with E-state index in [2.05, 4.69) is 31.3 Å². The lowest BCUT2D eigenvalue weighted by Gasteiger charge is -2.09. The minimum absolute atomic E-state index is 0.0464. The second kappa shape index (κ2) is 8.57. The summed E-state index contributed by atoms with van der Waals surface area (Å²) in [5.41, 5.74) is 1.82. The fourth-order valence-corrected chi connectivity index (χ4v) is 2.22. The number of alkyl halides is 2. The molecule has 0 fully saturated rings. The van der Waals surface area contributed by atoms with Gasteiger partial charge in [0, 0.05) is 15.7 Å². The molecule has 0 radical (unpaired) electrons. The highest BCUT2D eigenvalue weighted by molar-refractivity contribution is 9.10. The number of carbonyl (C=O) groups is 2. The van der Waals surface area contributed by atoms with Crippen molar-refractivity contribution in [3.63, 3.8) is 0 Å². The Bertz CT molecular complexity index is 767. The third-order valence-corrected chi connectivity index (χ3v) is 4.08. The van der Waals surface area contributed by atoms with E-state index >= 15 is 0 Å². The molecule has 25 heavy (non-hydrogen) atoms. The van der Waals surface area contributed by atoms with Crippen molar-refractivity contribution >= 4 is 33.4 Å². The number of nitrogens with one attached hydrogen (secondary N) is 2. The molecule has 8 heteroatoms. The normalized spacial score (nSPS) is 10.4. The molecular formula is C17H15BrF2N2O3. The zero-order valence-electron chi connectivity index (χ0n) is 13.2. The van der Waals surface area contributed by atoms with Crippen LogP contribution in [0.2, 0.25) is 0 Å². The van der Waals surface area contributed by atoms with Gasteiger partial charge in [-0.15, -0.1) is 0 Å². The number of hydrogen-bond donors (Lipinski definition) is 2. The molecule has 5 nitrogen and oxygen atoms in total. The van der Waals surface area contributed by atoms with Crippen molar-refractivity contribution in [2.24, 2.45) is 0 Å². The first-order valence-corrected chi connectivity index (χ1v) is 8.03. The molecular weight excluding hydrogens is 398 g/mol. The summed E-state index contributed by atoms with van der Waals surface area (Å²) in [7, 11) is 0. The molecule has 0 aliphatic carbocycles. The Hall–Kier alpha value is -2.48. The lowest BCUT2D eigenvalue weighted by Crippen LogP contribution is -2.32. The average Bonchev–Trinajstić information content (AvgIpc) is 2.56. The molecule has 2 aromatic carbocycles. The zero-order valence-corrected chi connectivity index (χ0v) is 14.8. The number of halogens is 3. The minimum atomic E-state index is -2.93. The summed E-state index contributed by atoms with van der Waals surface area (Å²) >= 11 is 3.37. The summed E-state index contributed by atoms with van der Waals surface area (Å²) in [6.07, 6.45) is 0. The van der Waals surface area contributed by atoms with E-state index in [0.29, 0.717) is 5.69 Å². The first kappa shape index (κ1) is 18.9. The molecule has 0 aliphatic heterocycles. The van der Waals surface area contributed by atoms with Crippen LogP contribution in [0.1, 0.15) is 15.9 Å². The van der Waals surface area contributed by atoms with Crippen LogP contribution in [0.25, 0.3) is 0 Å². The van der Waals surface area contributed by atoms with Crippen LogP contribution < -0.4 is 15.4 Å². The standard InChI is InChI=1S/C17H15BrF2N2O3/c1-10-8-12(4-7-14(10)18)22-15(23)9-21-16(24)11-2-5-13(6-3-11)25-17(19)20/h2-8,17H,9H2,1H3,(H,21,24)(H,22,23). The van der Waals surface area contributed by atoms with Crippen LogP contribution in [0.4, 0.5) is 14.5 Å². The topological polar surface area (TPSA) is 67.4 Å². The summed E-state index contributed by atoms with van der Waals surface area (Å²) in [5.74, 6) is -0.923. The molecule has 2 amide bonds. The molecule has 0 aliphatic rings. The van der Waals surface area contributed by atoms with Gasteiger partial charge in [-0.05, 0) is 55.0 Å². The molecule has 0 saturated carbocycles. The first-order valence-electron chi connectivity index (χ1n) is 7.24. The van der Waals surface area contributed by atoms with Gasteiger partial charge < -0.3 is 15.4 Å². The van der Waals surface area contributed by atoms with E-state index in [4.69, 9.17) is 0 Å². The Morgan fingerprint density at radius 2 is 1.84 bits per heavy atom. The Labute approximate surface area is 151 Å². The summed E-state index contributed by atoms with van der Waals surface area (Å²) < 4.78 is 29.3. The van der Waals surface area contributed by atoms with Crippen molar-refractivity contribution < 1.29 is 23.1 Å². The number of ether oxygens (including phenoxy) is 1. The monoisotopic (exact) mass is 412 g/mol. The molecule has 2 N–H and O–H groups in total. The van der Waals surface area contributed by atoms with E-state index in [0.717, 1.165) is 10.0 Å². The van der Waals surface area contributed by atoms with Gasteiger partial charge in [-0.3, -0.25) is 9.59 Å². The van der Waals surface area contributed by atoms with Crippen molar-refractivity contribution in [2.45, 2.75) is 13.5 Å². The molecule has 0 aromatic heterocycles. The second-order valence-corrected chi connectivity index (χ2v) is 5.95. The van der Waals surface area contributed by atoms with Gasteiger partial charge in [0.1, 0.15) is 5.75 Å². The van der Waals surface area contributed by atoms with Crippen LogP contribution in [0.5, 0.6) is 5.75 Å². The fraction of sp³-hybridized carbons (Fsp3) is 0.176. The van der Waals surface area contributed by atoms with E-state index in [1.165, 1.54) is 24.3 Å². The quantitative estimate of drug-likeness (QED) is 0.759. The highest BCUT2D eigenvalue weighted by atomic mass is 79.9. The molecule has 0 unspecified atom stereocenters. The molecule has 0 saturated heterocycles. The Balaban J connectivity index is 1.86. The molecule has 0 bridgehead atoms. The maximum Gasteiger partial charge on any atom is 0.387 e. The lowest BCUT2D eigenvalue weighted by molar-refractivity contribution is -0.115. The van der Waals surface area contributed by atoms with Crippen molar-refractivity contribution in [2.75, 3.05) is 11.9 Å². The number of carbonyl (C=O) groups excluding carboxylic acids is 2. The van der Waals surface area contributed by atoms with Crippen LogP contribution >= 0.6 is 15.9 Å². The van der Waals surface area contributed by atoms with Crippen molar-refractivity contribution in [1.29, 1.82) is 0 Å². The average molecular weight is 413 g/mol. The van der Waals surface area contributed by atoms with E-state index in [-0.39, 0.29) is 23.8 Å². The Morgan fingerprint density at radius 1 is 1.16 bits per heavy atom. The van der Waals surface area contributed by atoms with E-state index in [9.17, 15) is 18.4 Å². The fourth-order valence-electron chi connectivity index (χ4n) is 1.98. The number of anilines is 1. The van der Waals surface area contributed by atoms with Crippen LogP contribution in [-0.4, -0.2) is 25.0 Å². The van der Waals surface area contributed by atoms with Crippen LogP contribution in [0.3, 0.4) is 0 Å². The van der Waals surface area contributed by atoms with Crippen molar-refractivity contribution in [3.05, 3.63) is 58.1 Å². The largest absolute Gasteiger partial charge is 0.435 e. The minimum Gasteiger partial charge on any atom is -0.435 e. The second-order valence-electron chi connectivity index (χ2n) is 5.10. The van der Waals surface area contributed by atoms with Gasteiger partial charge in [-0.25, -0.2) is 0 Å². The lowest BCUT2D eigenvalue weighted by atomic mass is 10.2. The van der Waals surface area contributed by atoms with Crippen molar-refractivity contribution in [3.8, 4) is 5.75 Å². The molecule has 2 aromatic rings. The number of rotatable bonds is 6. The highest BCUT2D eigenvalue weighted by Gasteiger charge is 2.10. The van der Waals surface area contributed by atoms with E-state index in [1.54, 1.807) is 12.1 Å². The summed E-state index contributed by atoms with van der Waals surface area (Å²) in [4.78, 5) is 23.8. The third kappa shape index (κ3) is 5.82. The van der Waals surface area contributed by atoms with Crippen LogP contribution in [-0.2, 0) is 4.79 Å². The Kier molecular flexibility index (Phi) is 6.46. The smallest absolute Gasteiger partial charge is 0.387 e. The van der Waals surface area contributed by atoms with Gasteiger partial charge in [0.15, 0.2) is 0 Å². The molecule has 0 atom stereocenters. The maximum atomic E-state index is 12.1. The molecule has 0 spiro atoms. The predicted molar refractivity (Wildman–Crippen MR) is 92.9 cm³/mol. The number of hydrogen-bond acceptors (Lipinski definition) is 3. The number of benzene rings is 2.